The minimum Gasteiger partial charge on any atom is -0.482 e. The molecular weight excluding hydrogens is 254 g/mol. The Hall–Kier alpha value is -2.01. The van der Waals surface area contributed by atoms with E-state index >= 15 is 0 Å². The highest BCUT2D eigenvalue weighted by Gasteiger charge is 2.06. The van der Waals surface area contributed by atoms with Crippen molar-refractivity contribution in [3.63, 3.8) is 0 Å². The van der Waals surface area contributed by atoms with Crippen LogP contribution in [-0.2, 0) is 11.8 Å². The fourth-order valence-electron chi connectivity index (χ4n) is 1.37. The molecule has 0 bridgehead atoms. The summed E-state index contributed by atoms with van der Waals surface area (Å²) in [5.74, 6) is 0.689. The van der Waals surface area contributed by atoms with Crippen LogP contribution in [-0.4, -0.2) is 22.3 Å². The van der Waals surface area contributed by atoms with Crippen LogP contribution in [0.25, 0.3) is 0 Å². The Morgan fingerprint density at radius 2 is 2.22 bits per heavy atom. The molecule has 0 aliphatic carbocycles. The molecular formula is C12H12ClN3O2. The smallest absolute Gasteiger partial charge is 0.263 e. The number of carbonyl (C=O) groups excluding carboxylic acids is 1. The van der Waals surface area contributed by atoms with Crippen molar-refractivity contribution in [3.05, 3.63) is 41.6 Å². The molecule has 18 heavy (non-hydrogen) atoms. The van der Waals surface area contributed by atoms with Gasteiger partial charge in [-0.1, -0.05) is 23.7 Å². The zero-order valence-corrected chi connectivity index (χ0v) is 10.5. The van der Waals surface area contributed by atoms with Crippen LogP contribution in [0.15, 0.2) is 36.5 Å². The predicted octanol–water partition coefficient (Wildman–Crippen LogP) is 2.09. The number of carbonyl (C=O) groups is 1. The van der Waals surface area contributed by atoms with Crippen LogP contribution in [0, 0.1) is 0 Å². The first-order valence-electron chi connectivity index (χ1n) is 5.32. The molecule has 0 atom stereocenters. The number of nitrogens with one attached hydrogen (secondary N) is 1. The van der Waals surface area contributed by atoms with E-state index in [-0.39, 0.29) is 12.5 Å². The zero-order chi connectivity index (χ0) is 13.0. The third-order valence-electron chi connectivity index (χ3n) is 2.18. The number of anilines is 1. The molecule has 0 radical (unpaired) electrons. The summed E-state index contributed by atoms with van der Waals surface area (Å²) in [7, 11) is 1.77. The molecule has 0 fully saturated rings. The quantitative estimate of drug-likeness (QED) is 0.921. The van der Waals surface area contributed by atoms with Crippen LogP contribution in [0.5, 0.6) is 5.75 Å². The van der Waals surface area contributed by atoms with Gasteiger partial charge >= 0.3 is 0 Å². The number of rotatable bonds is 4. The van der Waals surface area contributed by atoms with Crippen molar-refractivity contribution >= 4 is 23.3 Å². The second-order valence-corrected chi connectivity index (χ2v) is 4.05. The molecule has 1 heterocycles. The molecule has 1 N–H and O–H groups in total. The van der Waals surface area contributed by atoms with Crippen molar-refractivity contribution in [1.29, 1.82) is 0 Å². The standard InChI is InChI=1S/C12H12ClN3O2/c1-16-7-6-11(15-16)14-12(17)8-18-10-5-3-2-4-9(10)13/h2-7H,8H2,1H3,(H,14,15,17). The first kappa shape index (κ1) is 12.4. The molecule has 0 saturated heterocycles. The molecule has 6 heteroatoms. The van der Waals surface area contributed by atoms with E-state index < -0.39 is 0 Å². The van der Waals surface area contributed by atoms with E-state index in [0.717, 1.165) is 0 Å². The van der Waals surface area contributed by atoms with Crippen LogP contribution >= 0.6 is 11.6 Å². The van der Waals surface area contributed by atoms with Gasteiger partial charge in [0.25, 0.3) is 5.91 Å². The highest BCUT2D eigenvalue weighted by molar-refractivity contribution is 6.32. The van der Waals surface area contributed by atoms with E-state index in [1.807, 2.05) is 0 Å². The number of nitrogens with zero attached hydrogens (tertiary/aromatic N) is 2. The zero-order valence-electron chi connectivity index (χ0n) is 9.76. The van der Waals surface area contributed by atoms with Crippen molar-refractivity contribution in [1.82, 2.24) is 9.78 Å². The average Bonchev–Trinajstić information content (AvgIpc) is 2.74. The summed E-state index contributed by atoms with van der Waals surface area (Å²) in [5, 5.41) is 7.11. The summed E-state index contributed by atoms with van der Waals surface area (Å²) in [6.45, 7) is -0.111. The van der Waals surface area contributed by atoms with E-state index in [4.69, 9.17) is 16.3 Å². The second-order valence-electron chi connectivity index (χ2n) is 3.64. The highest BCUT2D eigenvalue weighted by atomic mass is 35.5. The van der Waals surface area contributed by atoms with Gasteiger partial charge < -0.3 is 10.1 Å². The molecule has 1 aromatic carbocycles. The largest absolute Gasteiger partial charge is 0.482 e. The third kappa shape index (κ3) is 3.24. The van der Waals surface area contributed by atoms with Gasteiger partial charge in [-0.3, -0.25) is 9.48 Å². The molecule has 1 amide bonds. The van der Waals surface area contributed by atoms with Crippen molar-refractivity contribution < 1.29 is 9.53 Å². The van der Waals surface area contributed by atoms with Gasteiger partial charge in [-0.2, -0.15) is 5.10 Å². The van der Waals surface area contributed by atoms with Gasteiger partial charge in [0.05, 0.1) is 5.02 Å². The molecule has 94 valence electrons. The van der Waals surface area contributed by atoms with Crippen LogP contribution < -0.4 is 10.1 Å². The molecule has 0 saturated carbocycles. The Bertz CT molecular complexity index is 554. The van der Waals surface area contributed by atoms with Crippen LogP contribution in [0.1, 0.15) is 0 Å². The maximum Gasteiger partial charge on any atom is 0.263 e. The van der Waals surface area contributed by atoms with Crippen molar-refractivity contribution in [2.24, 2.45) is 7.05 Å². The van der Waals surface area contributed by atoms with Gasteiger partial charge in [-0.15, -0.1) is 0 Å². The number of ether oxygens (including phenoxy) is 1. The predicted molar refractivity (Wildman–Crippen MR) is 68.8 cm³/mol. The van der Waals surface area contributed by atoms with Gasteiger partial charge in [0.1, 0.15) is 5.75 Å². The lowest BCUT2D eigenvalue weighted by Gasteiger charge is -2.07. The summed E-state index contributed by atoms with van der Waals surface area (Å²) in [6.07, 6.45) is 1.74. The van der Waals surface area contributed by atoms with E-state index in [2.05, 4.69) is 10.4 Å². The highest BCUT2D eigenvalue weighted by Crippen LogP contribution is 2.22. The number of hydrogen-bond donors (Lipinski definition) is 1. The Morgan fingerprint density at radius 3 is 2.89 bits per heavy atom. The number of aromatic nitrogens is 2. The lowest BCUT2D eigenvalue weighted by molar-refractivity contribution is -0.118. The van der Waals surface area contributed by atoms with E-state index in [9.17, 15) is 4.79 Å². The van der Waals surface area contributed by atoms with E-state index in [1.165, 1.54) is 0 Å². The Morgan fingerprint density at radius 1 is 1.44 bits per heavy atom. The Kier molecular flexibility index (Phi) is 3.84. The van der Waals surface area contributed by atoms with Gasteiger partial charge in [0, 0.05) is 19.3 Å². The van der Waals surface area contributed by atoms with Crippen LogP contribution in [0.3, 0.4) is 0 Å². The van der Waals surface area contributed by atoms with Gasteiger partial charge in [-0.05, 0) is 12.1 Å². The van der Waals surface area contributed by atoms with Crippen molar-refractivity contribution in [2.75, 3.05) is 11.9 Å². The lowest BCUT2D eigenvalue weighted by atomic mass is 10.3. The Labute approximate surface area is 109 Å². The number of para-hydroxylation sites is 1. The monoisotopic (exact) mass is 265 g/mol. The van der Waals surface area contributed by atoms with E-state index in [1.54, 1.807) is 48.3 Å². The van der Waals surface area contributed by atoms with Gasteiger partial charge in [0.15, 0.2) is 12.4 Å². The maximum atomic E-state index is 11.6. The summed E-state index contributed by atoms with van der Waals surface area (Å²) >= 11 is 5.90. The molecule has 2 rings (SSSR count). The topological polar surface area (TPSA) is 56.2 Å². The normalized spacial score (nSPS) is 10.1. The SMILES string of the molecule is Cn1ccc(NC(=O)COc2ccccc2Cl)n1. The number of halogens is 1. The summed E-state index contributed by atoms with van der Waals surface area (Å²) < 4.78 is 6.90. The molecule has 2 aromatic rings. The summed E-state index contributed by atoms with van der Waals surface area (Å²) in [5.41, 5.74) is 0. The number of aryl methyl sites for hydroxylation is 1. The molecule has 5 nitrogen and oxygen atoms in total. The number of amides is 1. The third-order valence-corrected chi connectivity index (χ3v) is 2.49. The van der Waals surface area contributed by atoms with Crippen molar-refractivity contribution in [3.8, 4) is 5.75 Å². The number of benzene rings is 1. The van der Waals surface area contributed by atoms with Crippen molar-refractivity contribution in [2.45, 2.75) is 0 Å². The lowest BCUT2D eigenvalue weighted by Crippen LogP contribution is -2.20. The van der Waals surface area contributed by atoms with E-state index in [0.29, 0.717) is 16.6 Å². The average molecular weight is 266 g/mol. The van der Waals surface area contributed by atoms with Crippen LogP contribution in [0.4, 0.5) is 5.82 Å². The Balaban J connectivity index is 1.87. The molecule has 1 aromatic heterocycles. The fraction of sp³-hybridized carbons (Fsp3) is 0.167. The minimum absolute atomic E-state index is 0.111. The second kappa shape index (κ2) is 5.55. The molecule has 0 aliphatic rings. The molecule has 0 aliphatic heterocycles. The first-order chi connectivity index (χ1) is 8.65. The number of hydrogen-bond acceptors (Lipinski definition) is 3. The van der Waals surface area contributed by atoms with Gasteiger partial charge in [0.2, 0.25) is 0 Å². The maximum absolute atomic E-state index is 11.6. The minimum atomic E-state index is -0.284. The van der Waals surface area contributed by atoms with Gasteiger partial charge in [-0.25, -0.2) is 0 Å². The first-order valence-corrected chi connectivity index (χ1v) is 5.70. The molecule has 0 spiro atoms. The van der Waals surface area contributed by atoms with Crippen LogP contribution in [0.2, 0.25) is 5.02 Å². The summed E-state index contributed by atoms with van der Waals surface area (Å²) in [4.78, 5) is 11.6. The summed E-state index contributed by atoms with van der Waals surface area (Å²) in [6, 6.07) is 8.69. The fourth-order valence-corrected chi connectivity index (χ4v) is 1.56. The molecule has 0 unspecified atom stereocenters.